The van der Waals surface area contributed by atoms with E-state index in [1.165, 1.54) is 36.2 Å². The molecule has 7 aromatic carbocycles. The number of hydrogen-bond acceptors (Lipinski definition) is 5. The average Bonchev–Trinajstić information content (AvgIpc) is 3.92. The normalized spacial score (nSPS) is 13.9. The van der Waals surface area contributed by atoms with Gasteiger partial charge in [0.25, 0.3) is 0 Å². The van der Waals surface area contributed by atoms with Crippen LogP contribution in [-0.2, 0) is 0 Å². The SMILES string of the molecule is C=C1/C=C\C=C/CSc2c1cccc2-c1ccccc1-c1ccccc1-c1nnc(-c2ccccc2-c2ccccc2-c2cccc3c2sc2ccccc23)o1. The Morgan fingerprint density at radius 3 is 1.57 bits per heavy atom. The van der Waals surface area contributed by atoms with Gasteiger partial charge in [0, 0.05) is 47.5 Å². The fraction of sp³-hybridized carbons (Fsp3) is 0.0196. The molecule has 1 aliphatic heterocycles. The van der Waals surface area contributed by atoms with Crippen molar-refractivity contribution < 1.29 is 4.42 Å². The zero-order valence-corrected chi connectivity index (χ0v) is 32.0. The lowest BCUT2D eigenvalue weighted by molar-refractivity contribution is 0.585. The van der Waals surface area contributed by atoms with Crippen molar-refractivity contribution in [2.75, 3.05) is 5.75 Å². The molecule has 0 aliphatic carbocycles. The molecule has 266 valence electrons. The van der Waals surface area contributed by atoms with Crippen molar-refractivity contribution in [3.63, 3.8) is 0 Å². The Kier molecular flexibility index (Phi) is 8.87. The molecule has 0 atom stereocenters. The number of thioether (sulfide) groups is 1. The first kappa shape index (κ1) is 34.0. The Hall–Kier alpha value is -6.53. The van der Waals surface area contributed by atoms with Crippen molar-refractivity contribution in [2.45, 2.75) is 4.90 Å². The fourth-order valence-corrected chi connectivity index (χ4v) is 10.1. The van der Waals surface area contributed by atoms with Crippen LogP contribution >= 0.6 is 23.1 Å². The molecular weight excluding hydrogens is 721 g/mol. The van der Waals surface area contributed by atoms with E-state index in [0.29, 0.717) is 11.8 Å². The summed E-state index contributed by atoms with van der Waals surface area (Å²) in [5, 5.41) is 12.0. The summed E-state index contributed by atoms with van der Waals surface area (Å²) in [4.78, 5) is 1.22. The lowest BCUT2D eigenvalue weighted by atomic mass is 9.90. The van der Waals surface area contributed by atoms with Crippen LogP contribution in [-0.4, -0.2) is 16.0 Å². The topological polar surface area (TPSA) is 38.9 Å². The molecule has 2 aromatic heterocycles. The number of thiophene rings is 1. The summed E-state index contributed by atoms with van der Waals surface area (Å²) in [6.07, 6.45) is 8.44. The van der Waals surface area contributed by atoms with E-state index in [4.69, 9.17) is 14.6 Å². The first-order valence-electron chi connectivity index (χ1n) is 18.6. The summed E-state index contributed by atoms with van der Waals surface area (Å²) >= 11 is 3.68. The zero-order valence-electron chi connectivity index (χ0n) is 30.4. The number of hydrogen-bond donors (Lipinski definition) is 0. The van der Waals surface area contributed by atoms with E-state index in [0.717, 1.165) is 61.4 Å². The summed E-state index contributed by atoms with van der Waals surface area (Å²) in [5.74, 6) is 1.82. The molecule has 0 spiro atoms. The Morgan fingerprint density at radius 2 is 0.911 bits per heavy atom. The van der Waals surface area contributed by atoms with E-state index < -0.39 is 0 Å². The second-order valence-electron chi connectivity index (χ2n) is 13.7. The van der Waals surface area contributed by atoms with Crippen LogP contribution in [0.2, 0.25) is 0 Å². The van der Waals surface area contributed by atoms with Crippen LogP contribution in [0.5, 0.6) is 0 Å². The third-order valence-electron chi connectivity index (χ3n) is 10.4. The molecule has 56 heavy (non-hydrogen) atoms. The molecule has 5 heteroatoms. The minimum Gasteiger partial charge on any atom is -0.416 e. The standard InChI is InChI=1S/C51H34N2OS2/c1-33-17-3-2-14-32-55-48-34(33)27-15-28-42(48)37-20-6-4-18-35(37)39-22-8-10-25-45(39)50-52-53-51(54-50)46-26-11-9-23-40(46)36-19-5-7-21-38(36)43-29-16-30-44-41-24-12-13-31-47(41)56-49(43)44/h2-31H,1,32H2/b14-2-,17-3-. The van der Waals surface area contributed by atoms with Crippen molar-refractivity contribution in [2.24, 2.45) is 0 Å². The summed E-state index contributed by atoms with van der Waals surface area (Å²) < 4.78 is 9.25. The molecular formula is C51H34N2OS2. The maximum absolute atomic E-state index is 6.68. The number of rotatable bonds is 6. The van der Waals surface area contributed by atoms with Crippen LogP contribution in [0.3, 0.4) is 0 Å². The highest BCUT2D eigenvalue weighted by atomic mass is 32.2. The fourth-order valence-electron chi connectivity index (χ4n) is 7.80. The lowest BCUT2D eigenvalue weighted by Crippen LogP contribution is -1.94. The predicted molar refractivity (Wildman–Crippen MR) is 238 cm³/mol. The highest BCUT2D eigenvalue weighted by molar-refractivity contribution is 7.99. The zero-order chi connectivity index (χ0) is 37.4. The Bertz CT molecular complexity index is 3020. The van der Waals surface area contributed by atoms with Gasteiger partial charge < -0.3 is 4.42 Å². The first-order chi connectivity index (χ1) is 27.7. The van der Waals surface area contributed by atoms with E-state index in [1.807, 2.05) is 35.2 Å². The molecule has 0 saturated heterocycles. The molecule has 9 aromatic rings. The number of fused-ring (bicyclic) bond motifs is 4. The van der Waals surface area contributed by atoms with Gasteiger partial charge in [-0.25, -0.2) is 0 Å². The van der Waals surface area contributed by atoms with Crippen LogP contribution in [0.1, 0.15) is 5.56 Å². The molecule has 3 heterocycles. The molecule has 0 amide bonds. The monoisotopic (exact) mass is 754 g/mol. The van der Waals surface area contributed by atoms with Gasteiger partial charge in [-0.05, 0) is 68.3 Å². The number of allylic oxidation sites excluding steroid dienone is 4. The minimum absolute atomic E-state index is 0.474. The van der Waals surface area contributed by atoms with E-state index >= 15 is 0 Å². The molecule has 0 bridgehead atoms. The highest BCUT2D eigenvalue weighted by Gasteiger charge is 2.22. The van der Waals surface area contributed by atoms with Crippen LogP contribution < -0.4 is 0 Å². The summed E-state index contributed by atoms with van der Waals surface area (Å²) in [6.45, 7) is 4.40. The predicted octanol–water partition coefficient (Wildman–Crippen LogP) is 14.7. The Morgan fingerprint density at radius 1 is 0.446 bits per heavy atom. The van der Waals surface area contributed by atoms with E-state index in [1.54, 1.807) is 0 Å². The molecule has 10 rings (SSSR count). The number of benzene rings is 7. The van der Waals surface area contributed by atoms with E-state index in [-0.39, 0.29) is 0 Å². The first-order valence-corrected chi connectivity index (χ1v) is 20.4. The van der Waals surface area contributed by atoms with E-state index in [9.17, 15) is 0 Å². The van der Waals surface area contributed by atoms with Crippen molar-refractivity contribution >= 4 is 48.8 Å². The third-order valence-corrected chi connectivity index (χ3v) is 12.7. The minimum atomic E-state index is 0.474. The summed E-state index contributed by atoms with van der Waals surface area (Å²) in [5.41, 5.74) is 12.9. The molecule has 0 fully saturated rings. The van der Waals surface area contributed by atoms with Gasteiger partial charge >= 0.3 is 0 Å². The van der Waals surface area contributed by atoms with Gasteiger partial charge in [-0.1, -0.05) is 170 Å². The molecule has 0 unspecified atom stereocenters. The Labute approximate surface area is 334 Å². The largest absolute Gasteiger partial charge is 0.416 e. The van der Waals surface area contributed by atoms with Gasteiger partial charge in [0.05, 0.1) is 0 Å². The third kappa shape index (κ3) is 6.02. The van der Waals surface area contributed by atoms with Crippen molar-refractivity contribution in [1.29, 1.82) is 0 Å². The van der Waals surface area contributed by atoms with E-state index in [2.05, 4.69) is 176 Å². The summed E-state index contributed by atoms with van der Waals surface area (Å²) in [7, 11) is 0. The van der Waals surface area contributed by atoms with Gasteiger partial charge in [-0.2, -0.15) is 0 Å². The quantitative estimate of drug-likeness (QED) is 0.169. The van der Waals surface area contributed by atoms with Gasteiger partial charge in [0.1, 0.15) is 0 Å². The van der Waals surface area contributed by atoms with Crippen molar-refractivity contribution in [1.82, 2.24) is 10.2 Å². The van der Waals surface area contributed by atoms with Gasteiger partial charge in [-0.15, -0.1) is 33.3 Å². The molecule has 1 aliphatic rings. The van der Waals surface area contributed by atoms with Gasteiger partial charge in [0.15, 0.2) is 0 Å². The summed E-state index contributed by atoms with van der Waals surface area (Å²) in [6, 6.07) is 55.7. The Balaban J connectivity index is 1.07. The van der Waals surface area contributed by atoms with Gasteiger partial charge in [0.2, 0.25) is 11.8 Å². The number of aromatic nitrogens is 2. The second-order valence-corrected chi connectivity index (χ2v) is 15.8. The van der Waals surface area contributed by atoms with Gasteiger partial charge in [-0.3, -0.25) is 0 Å². The van der Waals surface area contributed by atoms with Crippen LogP contribution in [0.15, 0.2) is 198 Å². The van der Waals surface area contributed by atoms with Crippen LogP contribution in [0.4, 0.5) is 0 Å². The number of nitrogens with zero attached hydrogens (tertiary/aromatic N) is 2. The second kappa shape index (κ2) is 14.6. The molecule has 0 radical (unpaired) electrons. The van der Waals surface area contributed by atoms with Crippen LogP contribution in [0, 0.1) is 0 Å². The maximum atomic E-state index is 6.68. The van der Waals surface area contributed by atoms with Crippen molar-refractivity contribution in [3.8, 4) is 67.4 Å². The lowest BCUT2D eigenvalue weighted by Gasteiger charge is -2.18. The van der Waals surface area contributed by atoms with Crippen molar-refractivity contribution in [3.05, 3.63) is 194 Å². The maximum Gasteiger partial charge on any atom is 0.248 e. The smallest absolute Gasteiger partial charge is 0.248 e. The molecule has 0 N–H and O–H groups in total. The highest BCUT2D eigenvalue weighted by Crippen LogP contribution is 2.46. The average molecular weight is 755 g/mol. The molecule has 0 saturated carbocycles. The molecule has 3 nitrogen and oxygen atoms in total. The van der Waals surface area contributed by atoms with Crippen LogP contribution in [0.25, 0.3) is 93.2 Å².